The van der Waals surface area contributed by atoms with Crippen LogP contribution < -0.4 is 0 Å². The number of hydrogen-bond donors (Lipinski definition) is 0. The third kappa shape index (κ3) is 1.18. The van der Waals surface area contributed by atoms with Gasteiger partial charge < -0.3 is 14.5 Å². The van der Waals surface area contributed by atoms with Crippen molar-refractivity contribution in [2.24, 2.45) is 11.8 Å². The fourth-order valence-electron chi connectivity index (χ4n) is 4.46. The van der Waals surface area contributed by atoms with E-state index < -0.39 is 0 Å². The summed E-state index contributed by atoms with van der Waals surface area (Å²) in [4.78, 5) is 5.15. The first kappa shape index (κ1) is 10.2. The second-order valence-corrected chi connectivity index (χ2v) is 6.02. The van der Waals surface area contributed by atoms with Gasteiger partial charge in [0.05, 0.1) is 18.3 Å². The van der Waals surface area contributed by atoms with E-state index in [1.54, 1.807) is 5.70 Å². The van der Waals surface area contributed by atoms with Crippen molar-refractivity contribution < 1.29 is 4.74 Å². The molecule has 3 heteroatoms. The molecular weight excluding hydrogens is 236 g/mol. The summed E-state index contributed by atoms with van der Waals surface area (Å²) < 4.78 is 5.89. The van der Waals surface area contributed by atoms with Crippen molar-refractivity contribution in [2.45, 2.75) is 12.5 Å². The fraction of sp³-hybridized carbons (Fsp3) is 0.500. The lowest BCUT2D eigenvalue weighted by atomic mass is 9.82. The SMILES string of the molecule is C1=CC2C3CCN4CCOC5=CCN(C3=C54)C2C=C1. The average Bonchev–Trinajstić information content (AvgIpc) is 2.81. The van der Waals surface area contributed by atoms with E-state index >= 15 is 0 Å². The quantitative estimate of drug-likeness (QED) is 0.656. The highest BCUT2D eigenvalue weighted by atomic mass is 16.5. The largest absolute Gasteiger partial charge is 0.490 e. The molecule has 98 valence electrons. The van der Waals surface area contributed by atoms with Crippen LogP contribution in [0.2, 0.25) is 0 Å². The number of fused-ring (bicyclic) bond motifs is 3. The first-order chi connectivity index (χ1) is 9.43. The summed E-state index contributed by atoms with van der Waals surface area (Å²) in [6.45, 7) is 4.11. The number of rotatable bonds is 0. The molecule has 0 aromatic carbocycles. The average molecular weight is 254 g/mol. The third-order valence-electron chi connectivity index (χ3n) is 5.23. The molecule has 0 radical (unpaired) electrons. The molecule has 5 aliphatic rings. The van der Waals surface area contributed by atoms with Gasteiger partial charge in [-0.05, 0) is 12.5 Å². The first-order valence-electron chi connectivity index (χ1n) is 7.37. The third-order valence-corrected chi connectivity index (χ3v) is 5.23. The highest BCUT2D eigenvalue weighted by Crippen LogP contribution is 2.50. The molecule has 0 aromatic rings. The number of ether oxygens (including phenoxy) is 1. The van der Waals surface area contributed by atoms with Gasteiger partial charge in [-0.2, -0.15) is 0 Å². The zero-order valence-corrected chi connectivity index (χ0v) is 11.0. The monoisotopic (exact) mass is 254 g/mol. The molecule has 1 aliphatic carbocycles. The topological polar surface area (TPSA) is 15.7 Å². The standard InChI is InChI=1S/C16H18N2O/c1-2-4-13-11(3-1)12-5-7-17-9-10-19-14-6-8-18(13)15(12)16(14)17/h1-4,6,11-13H,5,7-10H2. The summed E-state index contributed by atoms with van der Waals surface area (Å²) in [6, 6.07) is 0.567. The molecule has 5 rings (SSSR count). The minimum atomic E-state index is 0.567. The Balaban J connectivity index is 1.70. The highest BCUT2D eigenvalue weighted by Gasteiger charge is 2.49. The van der Waals surface area contributed by atoms with Crippen LogP contribution in [0.5, 0.6) is 0 Å². The summed E-state index contributed by atoms with van der Waals surface area (Å²) in [6.07, 6.45) is 12.8. The van der Waals surface area contributed by atoms with Crippen LogP contribution in [-0.2, 0) is 4.74 Å². The van der Waals surface area contributed by atoms with Crippen molar-refractivity contribution in [3.8, 4) is 0 Å². The molecule has 4 aliphatic heterocycles. The van der Waals surface area contributed by atoms with E-state index in [9.17, 15) is 0 Å². The van der Waals surface area contributed by atoms with Gasteiger partial charge in [0.15, 0.2) is 0 Å². The lowest BCUT2D eigenvalue weighted by Gasteiger charge is -2.43. The molecule has 4 heterocycles. The Morgan fingerprint density at radius 1 is 1.16 bits per heavy atom. The maximum atomic E-state index is 5.89. The van der Waals surface area contributed by atoms with Crippen molar-refractivity contribution in [1.29, 1.82) is 0 Å². The van der Waals surface area contributed by atoms with Crippen LogP contribution in [0, 0.1) is 11.8 Å². The number of allylic oxidation sites excluding steroid dienone is 3. The first-order valence-corrected chi connectivity index (χ1v) is 7.37. The van der Waals surface area contributed by atoms with Crippen LogP contribution >= 0.6 is 0 Å². The lowest BCUT2D eigenvalue weighted by Crippen LogP contribution is -2.43. The molecule has 0 amide bonds. The lowest BCUT2D eigenvalue weighted by molar-refractivity contribution is 0.103. The van der Waals surface area contributed by atoms with Crippen molar-refractivity contribution in [3.63, 3.8) is 0 Å². The molecule has 3 nitrogen and oxygen atoms in total. The van der Waals surface area contributed by atoms with Crippen molar-refractivity contribution in [3.05, 3.63) is 47.5 Å². The molecule has 19 heavy (non-hydrogen) atoms. The summed E-state index contributed by atoms with van der Waals surface area (Å²) in [5.41, 5.74) is 2.97. The minimum Gasteiger partial charge on any atom is -0.490 e. The summed E-state index contributed by atoms with van der Waals surface area (Å²) >= 11 is 0. The van der Waals surface area contributed by atoms with Crippen molar-refractivity contribution in [2.75, 3.05) is 26.2 Å². The van der Waals surface area contributed by atoms with Crippen LogP contribution in [0.1, 0.15) is 6.42 Å². The molecule has 2 fully saturated rings. The van der Waals surface area contributed by atoms with Gasteiger partial charge in [-0.3, -0.25) is 0 Å². The van der Waals surface area contributed by atoms with Crippen LogP contribution in [-0.4, -0.2) is 42.1 Å². The number of nitrogens with zero attached hydrogens (tertiary/aromatic N) is 2. The molecule has 0 N–H and O–H groups in total. The van der Waals surface area contributed by atoms with E-state index in [0.717, 1.165) is 25.5 Å². The van der Waals surface area contributed by atoms with Gasteiger partial charge in [0.2, 0.25) is 0 Å². The van der Waals surface area contributed by atoms with Gasteiger partial charge in [0, 0.05) is 30.6 Å². The number of morpholine rings is 1. The zero-order chi connectivity index (χ0) is 12.4. The maximum Gasteiger partial charge on any atom is 0.142 e. The second-order valence-electron chi connectivity index (χ2n) is 6.02. The van der Waals surface area contributed by atoms with Gasteiger partial charge in [-0.25, -0.2) is 0 Å². The van der Waals surface area contributed by atoms with E-state index in [-0.39, 0.29) is 0 Å². The van der Waals surface area contributed by atoms with Gasteiger partial charge >= 0.3 is 0 Å². The Bertz CT molecular complexity index is 545. The molecule has 0 spiro atoms. The smallest absolute Gasteiger partial charge is 0.142 e. The Morgan fingerprint density at radius 3 is 3.11 bits per heavy atom. The second kappa shape index (κ2) is 3.47. The highest BCUT2D eigenvalue weighted by molar-refractivity contribution is 5.43. The van der Waals surface area contributed by atoms with Crippen LogP contribution in [0.3, 0.4) is 0 Å². The molecule has 0 aromatic heterocycles. The molecule has 0 saturated carbocycles. The Kier molecular flexibility index (Phi) is 1.86. The molecule has 0 bridgehead atoms. The predicted octanol–water partition coefficient (Wildman–Crippen LogP) is 1.87. The number of hydrogen-bond acceptors (Lipinski definition) is 3. The van der Waals surface area contributed by atoms with Crippen LogP contribution in [0.25, 0.3) is 0 Å². The van der Waals surface area contributed by atoms with Gasteiger partial charge in [0.25, 0.3) is 0 Å². The van der Waals surface area contributed by atoms with E-state index in [1.807, 2.05) is 0 Å². The van der Waals surface area contributed by atoms with Crippen LogP contribution in [0.4, 0.5) is 0 Å². The molecular formula is C16H18N2O. The van der Waals surface area contributed by atoms with Crippen molar-refractivity contribution >= 4 is 0 Å². The van der Waals surface area contributed by atoms with E-state index in [1.165, 1.54) is 18.7 Å². The Labute approximate surface area is 113 Å². The van der Waals surface area contributed by atoms with E-state index in [2.05, 4.69) is 40.2 Å². The molecule has 3 unspecified atom stereocenters. The Morgan fingerprint density at radius 2 is 2.11 bits per heavy atom. The fourth-order valence-corrected chi connectivity index (χ4v) is 4.46. The van der Waals surface area contributed by atoms with E-state index in [4.69, 9.17) is 4.74 Å². The van der Waals surface area contributed by atoms with Gasteiger partial charge in [-0.15, -0.1) is 0 Å². The summed E-state index contributed by atoms with van der Waals surface area (Å²) in [5.74, 6) is 2.51. The minimum absolute atomic E-state index is 0.567. The maximum absolute atomic E-state index is 5.89. The molecule has 2 saturated heterocycles. The summed E-state index contributed by atoms with van der Waals surface area (Å²) in [7, 11) is 0. The van der Waals surface area contributed by atoms with E-state index in [0.29, 0.717) is 17.9 Å². The zero-order valence-electron chi connectivity index (χ0n) is 11.0. The summed E-state index contributed by atoms with van der Waals surface area (Å²) in [5, 5.41) is 0. The predicted molar refractivity (Wildman–Crippen MR) is 73.0 cm³/mol. The van der Waals surface area contributed by atoms with Gasteiger partial charge in [0.1, 0.15) is 12.4 Å². The van der Waals surface area contributed by atoms with Crippen molar-refractivity contribution in [1.82, 2.24) is 9.80 Å². The normalized spacial score (nSPS) is 37.9. The Hall–Kier alpha value is -1.64. The molecule has 3 atom stereocenters. The van der Waals surface area contributed by atoms with Crippen LogP contribution in [0.15, 0.2) is 47.5 Å². The van der Waals surface area contributed by atoms with Gasteiger partial charge in [-0.1, -0.05) is 24.3 Å².